The summed E-state index contributed by atoms with van der Waals surface area (Å²) in [6.45, 7) is 0. The summed E-state index contributed by atoms with van der Waals surface area (Å²) in [5.74, 6) is -3.32. The third-order valence-corrected chi connectivity index (χ3v) is 8.30. The third kappa shape index (κ3) is 5.72. The number of carbonyl (C=O) groups excluding carboxylic acids is 2. The number of tetrazole rings is 1. The van der Waals surface area contributed by atoms with E-state index in [2.05, 4.69) is 20.8 Å². The maximum absolute atomic E-state index is 13.0. The first-order valence-electron chi connectivity index (χ1n) is 9.30. The Bertz CT molecular complexity index is 1010. The van der Waals surface area contributed by atoms with Crippen molar-refractivity contribution in [2.45, 2.75) is 22.3 Å². The van der Waals surface area contributed by atoms with Crippen LogP contribution in [0.1, 0.15) is 0 Å². The van der Waals surface area contributed by atoms with Crippen LogP contribution in [0.3, 0.4) is 0 Å². The molecule has 2 aliphatic rings. The number of aliphatic carboxylic acids is 2. The number of hydrogen-bond acceptors (Lipinski definition) is 12. The number of nitrogens with one attached hydrogen (secondary N) is 1. The Labute approximate surface area is 228 Å². The summed E-state index contributed by atoms with van der Waals surface area (Å²) in [5.41, 5.74) is 4.05. The van der Waals surface area contributed by atoms with Gasteiger partial charge in [-0.1, -0.05) is 11.8 Å². The SMILES string of the molecule is CO[C@@]1(NC(=O)CSC[C@@H](N)C(=O)O)C(=O)N2C(C(=O)O)=C(CSc3nnnn3C)CS[C@@H]21.[NaH]. The maximum atomic E-state index is 13.0. The third-order valence-electron chi connectivity index (χ3n) is 4.76. The van der Waals surface area contributed by atoms with Crippen molar-refractivity contribution in [2.75, 3.05) is 30.1 Å². The molecule has 0 unspecified atom stereocenters. The number of amides is 2. The van der Waals surface area contributed by atoms with Crippen LogP contribution < -0.4 is 11.1 Å². The molecule has 1 aromatic rings. The Morgan fingerprint density at radius 1 is 1.41 bits per heavy atom. The van der Waals surface area contributed by atoms with Gasteiger partial charge in [0.05, 0.1) is 5.75 Å². The molecule has 0 aliphatic carbocycles. The number of aromatic nitrogens is 4. The van der Waals surface area contributed by atoms with E-state index in [-0.39, 0.29) is 58.3 Å². The van der Waals surface area contributed by atoms with E-state index in [0.717, 1.165) is 16.7 Å². The van der Waals surface area contributed by atoms with E-state index in [1.54, 1.807) is 7.05 Å². The molecule has 0 bridgehead atoms. The number of nitrogens with two attached hydrogens (primary N) is 1. The molecule has 34 heavy (non-hydrogen) atoms. The minimum absolute atomic E-state index is 0. The summed E-state index contributed by atoms with van der Waals surface area (Å²) in [6.07, 6.45) is 0. The molecule has 1 saturated heterocycles. The standard InChI is InChI=1S/C16H21N7O7S3.Na.H/c1-22-15(19-20-21-22)33-4-7-3-32-14-16(30-2,13(29)23(14)10(7)12(27)28)18-9(24)6-31-5-8(17)11(25)26;;/h8,14H,3-6,17H2,1-2H3,(H,18,24)(H,25,26)(H,27,28);;/t8-,14-,16+;;/m1../s1. The van der Waals surface area contributed by atoms with Gasteiger partial charge in [0, 0.05) is 31.4 Å². The topological polar surface area (TPSA) is 203 Å². The van der Waals surface area contributed by atoms with Crippen LogP contribution in [0.25, 0.3) is 0 Å². The van der Waals surface area contributed by atoms with Crippen LogP contribution in [0.15, 0.2) is 16.4 Å². The number of thioether (sulfide) groups is 3. The van der Waals surface area contributed by atoms with Gasteiger partial charge in [-0.2, -0.15) is 0 Å². The van der Waals surface area contributed by atoms with E-state index < -0.39 is 40.9 Å². The average Bonchev–Trinajstić information content (AvgIpc) is 3.19. The normalized spacial score (nSPS) is 22.4. The summed E-state index contributed by atoms with van der Waals surface area (Å²) in [7, 11) is 2.91. The summed E-state index contributed by atoms with van der Waals surface area (Å²) in [5, 5.41) is 31.9. The molecular formula is C16H22N7NaO7S3. The Kier molecular flexibility index (Phi) is 10.3. The Morgan fingerprint density at radius 2 is 2.12 bits per heavy atom. The van der Waals surface area contributed by atoms with Crippen LogP contribution >= 0.6 is 35.3 Å². The molecule has 2 aliphatic heterocycles. The van der Waals surface area contributed by atoms with Crippen LogP contribution in [0.2, 0.25) is 0 Å². The molecule has 0 radical (unpaired) electrons. The zero-order chi connectivity index (χ0) is 24.3. The molecule has 18 heteroatoms. The summed E-state index contributed by atoms with van der Waals surface area (Å²) >= 11 is 3.50. The van der Waals surface area contributed by atoms with Crippen molar-refractivity contribution in [1.29, 1.82) is 0 Å². The fourth-order valence-electron chi connectivity index (χ4n) is 3.14. The monoisotopic (exact) mass is 543 g/mol. The second-order valence-electron chi connectivity index (χ2n) is 6.92. The number of aryl methyl sites for hydroxylation is 1. The molecule has 0 aromatic carbocycles. The van der Waals surface area contributed by atoms with Gasteiger partial charge in [0.25, 0.3) is 11.6 Å². The molecule has 182 valence electrons. The van der Waals surface area contributed by atoms with E-state index in [0.29, 0.717) is 10.7 Å². The van der Waals surface area contributed by atoms with Crippen molar-refractivity contribution in [3.05, 3.63) is 11.3 Å². The fourth-order valence-corrected chi connectivity index (χ4v) is 6.34. The zero-order valence-corrected chi connectivity index (χ0v) is 19.9. The number of fused-ring (bicyclic) bond motifs is 1. The van der Waals surface area contributed by atoms with E-state index in [9.17, 15) is 24.3 Å². The van der Waals surface area contributed by atoms with Gasteiger partial charge >= 0.3 is 41.5 Å². The predicted molar refractivity (Wildman–Crippen MR) is 125 cm³/mol. The van der Waals surface area contributed by atoms with Crippen LogP contribution in [0.5, 0.6) is 0 Å². The molecule has 2 amide bonds. The first-order valence-corrected chi connectivity index (χ1v) is 12.5. The molecule has 3 atom stereocenters. The second kappa shape index (κ2) is 12.1. The number of ether oxygens (including phenoxy) is 1. The van der Waals surface area contributed by atoms with Crippen LogP contribution in [-0.2, 0) is 31.0 Å². The molecule has 1 fully saturated rings. The van der Waals surface area contributed by atoms with E-state index in [1.165, 1.54) is 35.3 Å². The number of carbonyl (C=O) groups is 4. The quantitative estimate of drug-likeness (QED) is 0.0987. The number of hydrogen-bond donors (Lipinski definition) is 4. The summed E-state index contributed by atoms with van der Waals surface area (Å²) < 4.78 is 6.82. The first-order chi connectivity index (χ1) is 15.6. The van der Waals surface area contributed by atoms with Crippen molar-refractivity contribution in [1.82, 2.24) is 30.4 Å². The van der Waals surface area contributed by atoms with Crippen molar-refractivity contribution < 1.29 is 34.1 Å². The fraction of sp³-hybridized carbons (Fsp3) is 0.562. The number of carboxylic acid groups (broad SMARTS) is 2. The Hall–Kier alpha value is -1.34. The molecule has 3 heterocycles. The van der Waals surface area contributed by atoms with Crippen molar-refractivity contribution in [3.8, 4) is 0 Å². The van der Waals surface area contributed by atoms with Gasteiger partial charge in [-0.25, -0.2) is 9.48 Å². The molecule has 0 spiro atoms. The molecule has 14 nitrogen and oxygen atoms in total. The van der Waals surface area contributed by atoms with Crippen LogP contribution in [-0.4, -0.2) is 136 Å². The van der Waals surface area contributed by atoms with Crippen molar-refractivity contribution in [3.63, 3.8) is 0 Å². The Morgan fingerprint density at radius 3 is 2.68 bits per heavy atom. The molecule has 0 saturated carbocycles. The second-order valence-corrected chi connectivity index (χ2v) is 9.96. The zero-order valence-electron chi connectivity index (χ0n) is 17.5. The number of nitrogens with zero attached hydrogens (tertiary/aromatic N) is 5. The Balaban J connectivity index is 0.00000408. The summed E-state index contributed by atoms with van der Waals surface area (Å²) in [4.78, 5) is 49.3. The molecule has 5 N–H and O–H groups in total. The van der Waals surface area contributed by atoms with Crippen molar-refractivity contribution in [2.24, 2.45) is 12.8 Å². The molecule has 3 rings (SSSR count). The van der Waals surface area contributed by atoms with Gasteiger partial charge in [0.1, 0.15) is 17.1 Å². The predicted octanol–water partition coefficient (Wildman–Crippen LogP) is -2.49. The van der Waals surface area contributed by atoms with Gasteiger partial charge in [-0.15, -0.1) is 28.6 Å². The van der Waals surface area contributed by atoms with E-state index in [1.807, 2.05) is 0 Å². The van der Waals surface area contributed by atoms with Crippen LogP contribution in [0, 0.1) is 0 Å². The van der Waals surface area contributed by atoms with E-state index >= 15 is 0 Å². The molecule has 1 aromatic heterocycles. The summed E-state index contributed by atoms with van der Waals surface area (Å²) in [6, 6.07) is -1.12. The first kappa shape index (κ1) is 28.9. The number of rotatable bonds is 11. The average molecular weight is 544 g/mol. The van der Waals surface area contributed by atoms with Gasteiger partial charge < -0.3 is 26.0 Å². The molecular weight excluding hydrogens is 521 g/mol. The minimum atomic E-state index is -1.72. The van der Waals surface area contributed by atoms with Gasteiger partial charge in [0.2, 0.25) is 11.1 Å². The van der Waals surface area contributed by atoms with Gasteiger partial charge in [0.15, 0.2) is 0 Å². The number of carboxylic acids is 2. The van der Waals surface area contributed by atoms with Gasteiger partial charge in [-0.05, 0) is 16.0 Å². The van der Waals surface area contributed by atoms with E-state index in [4.69, 9.17) is 15.6 Å². The van der Waals surface area contributed by atoms with Crippen molar-refractivity contribution >= 4 is 88.6 Å². The van der Waals surface area contributed by atoms with Gasteiger partial charge in [-0.3, -0.25) is 19.3 Å². The van der Waals surface area contributed by atoms with Crippen LogP contribution in [0.4, 0.5) is 0 Å². The number of β-lactam (4-membered cyclic amide) rings is 1. The number of methoxy groups -OCH3 is 1.